The third kappa shape index (κ3) is 2.42. The Morgan fingerprint density at radius 2 is 1.63 bits per heavy atom. The molecule has 0 aliphatic heterocycles. The molecule has 1 atom stereocenters. The third-order valence-electron chi connectivity index (χ3n) is 2.99. The molecule has 19 heavy (non-hydrogen) atoms. The molecule has 0 bridgehead atoms. The van der Waals surface area contributed by atoms with Crippen molar-refractivity contribution in [2.45, 2.75) is 32.5 Å². The highest BCUT2D eigenvalue weighted by Crippen LogP contribution is 2.52. The molecule has 0 saturated heterocycles. The second-order valence-corrected chi connectivity index (χ2v) is 5.23. The van der Waals surface area contributed by atoms with Crippen LogP contribution in [0.3, 0.4) is 0 Å². The molecule has 4 nitrogen and oxygen atoms in total. The Bertz CT molecular complexity index is 478. The monoisotopic (exact) mass is 277 g/mol. The average molecular weight is 277 g/mol. The highest BCUT2D eigenvalue weighted by atomic mass is 19.4. The summed E-state index contributed by atoms with van der Waals surface area (Å²) >= 11 is 0. The molecular weight excluding hydrogens is 263 g/mol. The molecule has 1 rings (SSSR count). The van der Waals surface area contributed by atoms with E-state index in [9.17, 15) is 28.4 Å². The van der Waals surface area contributed by atoms with E-state index in [1.165, 1.54) is 32.9 Å². The van der Waals surface area contributed by atoms with Crippen LogP contribution in [0.5, 0.6) is 0 Å². The fourth-order valence-corrected chi connectivity index (χ4v) is 1.92. The summed E-state index contributed by atoms with van der Waals surface area (Å²) < 4.78 is 39.8. The number of hydrogen-bond acceptors (Lipinski definition) is 3. The van der Waals surface area contributed by atoms with Crippen LogP contribution in [0.4, 0.5) is 18.9 Å². The van der Waals surface area contributed by atoms with Crippen LogP contribution in [0, 0.1) is 15.5 Å². The Labute approximate surface area is 108 Å². The van der Waals surface area contributed by atoms with Crippen molar-refractivity contribution in [1.29, 1.82) is 0 Å². The Morgan fingerprint density at radius 3 is 2.00 bits per heavy atom. The summed E-state index contributed by atoms with van der Waals surface area (Å²) in [5.41, 5.74) is -6.46. The Morgan fingerprint density at radius 1 is 1.16 bits per heavy atom. The molecule has 0 fully saturated rings. The minimum Gasteiger partial charge on any atom is -0.376 e. The van der Waals surface area contributed by atoms with Gasteiger partial charge in [0.15, 0.2) is 5.60 Å². The molecule has 0 saturated carbocycles. The summed E-state index contributed by atoms with van der Waals surface area (Å²) in [5, 5.41) is 21.0. The number of alkyl halides is 3. The summed E-state index contributed by atoms with van der Waals surface area (Å²) in [6.45, 7) is 3.53. The number of nitro groups is 1. The molecule has 0 aliphatic carbocycles. The van der Waals surface area contributed by atoms with E-state index in [0.717, 1.165) is 12.1 Å². The van der Waals surface area contributed by atoms with Gasteiger partial charge in [0.1, 0.15) is 0 Å². The number of benzene rings is 1. The fourth-order valence-electron chi connectivity index (χ4n) is 1.92. The van der Waals surface area contributed by atoms with Gasteiger partial charge in [-0.25, -0.2) is 0 Å². The number of nitro benzene ring substituents is 1. The first-order valence-corrected chi connectivity index (χ1v) is 5.46. The Kier molecular flexibility index (Phi) is 3.64. The summed E-state index contributed by atoms with van der Waals surface area (Å²) in [4.78, 5) is 9.92. The lowest BCUT2D eigenvalue weighted by molar-refractivity contribution is -0.390. The maximum Gasteiger partial charge on any atom is 0.422 e. The molecule has 0 spiro atoms. The fraction of sp³-hybridized carbons (Fsp3) is 0.500. The van der Waals surface area contributed by atoms with Crippen molar-refractivity contribution in [2.75, 3.05) is 0 Å². The van der Waals surface area contributed by atoms with Crippen LogP contribution in [-0.2, 0) is 5.60 Å². The zero-order chi connectivity index (χ0) is 15.1. The van der Waals surface area contributed by atoms with Crippen LogP contribution in [0.2, 0.25) is 0 Å². The zero-order valence-electron chi connectivity index (χ0n) is 10.7. The van der Waals surface area contributed by atoms with Crippen LogP contribution in [0.1, 0.15) is 26.3 Å². The van der Waals surface area contributed by atoms with Gasteiger partial charge in [0.05, 0.1) is 10.5 Å². The maximum atomic E-state index is 13.3. The quantitative estimate of drug-likeness (QED) is 0.665. The van der Waals surface area contributed by atoms with Gasteiger partial charge in [0, 0.05) is 11.5 Å². The van der Waals surface area contributed by atoms with Gasteiger partial charge in [-0.15, -0.1) is 0 Å². The minimum absolute atomic E-state index is 0.750. The van der Waals surface area contributed by atoms with E-state index in [0.29, 0.717) is 0 Å². The summed E-state index contributed by atoms with van der Waals surface area (Å²) in [7, 11) is 0. The molecule has 0 radical (unpaired) electrons. The topological polar surface area (TPSA) is 63.4 Å². The van der Waals surface area contributed by atoms with Gasteiger partial charge in [-0.05, 0) is 6.07 Å². The minimum atomic E-state index is -5.03. The van der Waals surface area contributed by atoms with Crippen LogP contribution >= 0.6 is 0 Å². The third-order valence-corrected chi connectivity index (χ3v) is 2.99. The molecule has 0 amide bonds. The lowest BCUT2D eigenvalue weighted by Gasteiger charge is -2.41. The molecule has 0 aliphatic rings. The van der Waals surface area contributed by atoms with Crippen molar-refractivity contribution in [1.82, 2.24) is 0 Å². The molecule has 0 heterocycles. The molecule has 1 aromatic rings. The van der Waals surface area contributed by atoms with E-state index >= 15 is 0 Å². The maximum absolute atomic E-state index is 13.3. The Balaban J connectivity index is 3.67. The predicted octanol–water partition coefficient (Wildman–Crippen LogP) is 3.39. The molecule has 1 N–H and O–H groups in total. The van der Waals surface area contributed by atoms with E-state index < -0.39 is 33.4 Å². The average Bonchev–Trinajstić information content (AvgIpc) is 2.24. The molecule has 0 aromatic heterocycles. The zero-order valence-corrected chi connectivity index (χ0v) is 10.7. The first-order chi connectivity index (χ1) is 8.43. The molecule has 7 heteroatoms. The van der Waals surface area contributed by atoms with Crippen molar-refractivity contribution >= 4 is 5.69 Å². The largest absolute Gasteiger partial charge is 0.422 e. The second-order valence-electron chi connectivity index (χ2n) is 5.23. The highest BCUT2D eigenvalue weighted by Gasteiger charge is 2.63. The number of para-hydroxylation sites is 1. The van der Waals surface area contributed by atoms with Crippen LogP contribution < -0.4 is 0 Å². The van der Waals surface area contributed by atoms with Gasteiger partial charge in [-0.2, -0.15) is 13.2 Å². The van der Waals surface area contributed by atoms with Gasteiger partial charge in [-0.3, -0.25) is 10.1 Å². The highest BCUT2D eigenvalue weighted by molar-refractivity contribution is 5.45. The van der Waals surface area contributed by atoms with Gasteiger partial charge in [0.2, 0.25) is 0 Å². The first kappa shape index (κ1) is 15.4. The number of nitrogens with zero attached hydrogens (tertiary/aromatic N) is 1. The number of aliphatic hydroxyl groups is 1. The SMILES string of the molecule is CC(C)(C)C(O)(c1ccccc1[N+](=O)[O-])C(F)(F)F. The molecule has 106 valence electrons. The van der Waals surface area contributed by atoms with Crippen molar-refractivity contribution in [3.63, 3.8) is 0 Å². The van der Waals surface area contributed by atoms with E-state index in [1.807, 2.05) is 0 Å². The summed E-state index contributed by atoms with van der Waals surface area (Å²) in [6.07, 6.45) is -5.03. The van der Waals surface area contributed by atoms with E-state index in [2.05, 4.69) is 0 Å². The van der Waals surface area contributed by atoms with Crippen molar-refractivity contribution in [2.24, 2.45) is 5.41 Å². The van der Waals surface area contributed by atoms with E-state index in [1.54, 1.807) is 0 Å². The first-order valence-electron chi connectivity index (χ1n) is 5.46. The van der Waals surface area contributed by atoms with Crippen molar-refractivity contribution in [3.05, 3.63) is 39.9 Å². The van der Waals surface area contributed by atoms with Gasteiger partial charge in [0.25, 0.3) is 5.69 Å². The second kappa shape index (κ2) is 4.48. The lowest BCUT2D eigenvalue weighted by Crippen LogP contribution is -2.52. The number of hydrogen-bond donors (Lipinski definition) is 1. The van der Waals surface area contributed by atoms with Gasteiger partial charge in [-0.1, -0.05) is 32.9 Å². The predicted molar refractivity (Wildman–Crippen MR) is 62.5 cm³/mol. The number of halogens is 3. The van der Waals surface area contributed by atoms with Crippen molar-refractivity contribution in [3.8, 4) is 0 Å². The van der Waals surface area contributed by atoms with Crippen LogP contribution in [0.25, 0.3) is 0 Å². The standard InChI is InChI=1S/C12H14F3NO3/c1-10(2,3)11(17,12(13,14)15)8-6-4-5-7-9(8)16(18)19/h4-7,17H,1-3H3. The van der Waals surface area contributed by atoms with Crippen LogP contribution in [-0.4, -0.2) is 16.2 Å². The van der Waals surface area contributed by atoms with Gasteiger partial charge < -0.3 is 5.11 Å². The number of rotatable bonds is 2. The molecule has 1 unspecified atom stereocenters. The van der Waals surface area contributed by atoms with E-state index in [4.69, 9.17) is 0 Å². The molecular formula is C12H14F3NO3. The van der Waals surface area contributed by atoms with Gasteiger partial charge >= 0.3 is 6.18 Å². The smallest absolute Gasteiger partial charge is 0.376 e. The molecule has 1 aromatic carbocycles. The van der Waals surface area contributed by atoms with Crippen LogP contribution in [0.15, 0.2) is 24.3 Å². The summed E-state index contributed by atoms with van der Waals surface area (Å²) in [5.74, 6) is 0. The normalized spacial score (nSPS) is 15.9. The lowest BCUT2D eigenvalue weighted by atomic mass is 9.71. The van der Waals surface area contributed by atoms with E-state index in [-0.39, 0.29) is 0 Å². The van der Waals surface area contributed by atoms with Crippen molar-refractivity contribution < 1.29 is 23.2 Å². The Hall–Kier alpha value is -1.63. The summed E-state index contributed by atoms with van der Waals surface area (Å²) in [6, 6.07) is 4.35.